The van der Waals surface area contributed by atoms with Gasteiger partial charge in [0.05, 0.1) is 5.56 Å². The molecule has 5 heteroatoms. The van der Waals surface area contributed by atoms with E-state index in [9.17, 15) is 4.79 Å². The first-order chi connectivity index (χ1) is 14.7. The van der Waals surface area contributed by atoms with Gasteiger partial charge < -0.3 is 14.2 Å². The zero-order chi connectivity index (χ0) is 20.8. The molecule has 0 aromatic heterocycles. The summed E-state index contributed by atoms with van der Waals surface area (Å²) in [7, 11) is 0. The van der Waals surface area contributed by atoms with Gasteiger partial charge in [-0.3, -0.25) is 0 Å². The van der Waals surface area contributed by atoms with Gasteiger partial charge in [0.1, 0.15) is 30.5 Å². The molecule has 0 saturated carbocycles. The number of fused-ring (bicyclic) bond motifs is 1. The highest BCUT2D eigenvalue weighted by Crippen LogP contribution is 2.32. The van der Waals surface area contributed by atoms with Crippen molar-refractivity contribution in [1.29, 1.82) is 0 Å². The van der Waals surface area contributed by atoms with Crippen LogP contribution in [0.25, 0.3) is 10.8 Å². The highest BCUT2D eigenvalue weighted by Gasteiger charge is 2.13. The lowest BCUT2D eigenvalue weighted by Crippen LogP contribution is -2.11. The fourth-order valence-electron chi connectivity index (χ4n) is 3.03. The van der Waals surface area contributed by atoms with Gasteiger partial charge in [0, 0.05) is 9.86 Å². The Morgan fingerprint density at radius 1 is 0.700 bits per heavy atom. The minimum Gasteiger partial charge on any atom is -0.490 e. The Labute approximate surface area is 183 Å². The minimum absolute atomic E-state index is 0.366. The average molecular weight is 463 g/mol. The number of rotatable bonds is 7. The molecular formula is C25H19BrO4. The van der Waals surface area contributed by atoms with Crippen LogP contribution in [-0.4, -0.2) is 19.2 Å². The van der Waals surface area contributed by atoms with E-state index in [1.807, 2.05) is 60.7 Å². The Bertz CT molecular complexity index is 1160. The lowest BCUT2D eigenvalue weighted by molar-refractivity contribution is 0.0736. The third-order valence-electron chi connectivity index (χ3n) is 4.47. The largest absolute Gasteiger partial charge is 0.490 e. The maximum Gasteiger partial charge on any atom is 0.343 e. The quantitative estimate of drug-likeness (QED) is 0.184. The Morgan fingerprint density at radius 2 is 1.37 bits per heavy atom. The Morgan fingerprint density at radius 3 is 2.17 bits per heavy atom. The van der Waals surface area contributed by atoms with Crippen LogP contribution in [-0.2, 0) is 0 Å². The summed E-state index contributed by atoms with van der Waals surface area (Å²) in [6.45, 7) is 0.772. The predicted octanol–water partition coefficient (Wildman–Crippen LogP) is 6.28. The predicted molar refractivity (Wildman–Crippen MR) is 120 cm³/mol. The summed E-state index contributed by atoms with van der Waals surface area (Å²) in [4.78, 5) is 12.7. The van der Waals surface area contributed by atoms with Crippen molar-refractivity contribution < 1.29 is 19.0 Å². The van der Waals surface area contributed by atoms with Crippen molar-refractivity contribution in [3.05, 3.63) is 101 Å². The summed E-state index contributed by atoms with van der Waals surface area (Å²) in [5.74, 6) is 1.46. The van der Waals surface area contributed by atoms with Crippen molar-refractivity contribution in [2.75, 3.05) is 13.2 Å². The maximum atomic E-state index is 12.7. The second kappa shape index (κ2) is 9.46. The van der Waals surface area contributed by atoms with E-state index in [-0.39, 0.29) is 0 Å². The number of benzene rings is 4. The highest BCUT2D eigenvalue weighted by atomic mass is 79.9. The van der Waals surface area contributed by atoms with Crippen LogP contribution in [0, 0.1) is 0 Å². The molecule has 150 valence electrons. The smallest absolute Gasteiger partial charge is 0.343 e. The summed E-state index contributed by atoms with van der Waals surface area (Å²) < 4.78 is 17.9. The lowest BCUT2D eigenvalue weighted by atomic mass is 10.1. The van der Waals surface area contributed by atoms with E-state index in [0.717, 1.165) is 21.0 Å². The molecule has 4 aromatic rings. The number of hydrogen-bond donors (Lipinski definition) is 0. The maximum absolute atomic E-state index is 12.7. The molecule has 4 nitrogen and oxygen atoms in total. The third-order valence-corrected chi connectivity index (χ3v) is 5.16. The summed E-state index contributed by atoms with van der Waals surface area (Å²) in [6.07, 6.45) is 0. The van der Waals surface area contributed by atoms with Crippen LogP contribution in [0.4, 0.5) is 0 Å². The van der Waals surface area contributed by atoms with Gasteiger partial charge in [-0.05, 0) is 47.9 Å². The van der Waals surface area contributed by atoms with Gasteiger partial charge in [-0.25, -0.2) is 4.79 Å². The van der Waals surface area contributed by atoms with Crippen molar-refractivity contribution in [2.45, 2.75) is 0 Å². The molecule has 0 atom stereocenters. The molecule has 0 fully saturated rings. The number of para-hydroxylation sites is 1. The molecule has 0 aliphatic heterocycles. The Kier molecular flexibility index (Phi) is 6.30. The fourth-order valence-corrected chi connectivity index (χ4v) is 3.51. The summed E-state index contributed by atoms with van der Waals surface area (Å²) in [6, 6.07) is 27.9. The molecule has 0 amide bonds. The molecule has 0 radical (unpaired) electrons. The first-order valence-electron chi connectivity index (χ1n) is 9.51. The Hall–Kier alpha value is -3.31. The van der Waals surface area contributed by atoms with Crippen LogP contribution >= 0.6 is 15.9 Å². The number of carbonyl (C=O) groups is 1. The molecule has 0 aliphatic carbocycles. The number of esters is 1. The minimum atomic E-state index is -0.437. The molecule has 0 unspecified atom stereocenters. The first-order valence-corrected chi connectivity index (χ1v) is 10.3. The molecule has 0 heterocycles. The average Bonchev–Trinajstić information content (AvgIpc) is 2.80. The van der Waals surface area contributed by atoms with Crippen LogP contribution < -0.4 is 14.2 Å². The number of carbonyl (C=O) groups excluding carboxylic acids is 1. The highest BCUT2D eigenvalue weighted by molar-refractivity contribution is 9.10. The van der Waals surface area contributed by atoms with E-state index in [4.69, 9.17) is 14.2 Å². The summed E-state index contributed by atoms with van der Waals surface area (Å²) in [5.41, 5.74) is 0.420. The molecule has 30 heavy (non-hydrogen) atoms. The second-order valence-electron chi connectivity index (χ2n) is 6.52. The normalized spacial score (nSPS) is 10.6. The lowest BCUT2D eigenvalue weighted by Gasteiger charge is -2.11. The SMILES string of the molecule is O=C(Oc1ccc(Br)c2ccccc12)c1cccc(OCCOc2ccccc2)c1. The van der Waals surface area contributed by atoms with Gasteiger partial charge in [0.15, 0.2) is 0 Å². The van der Waals surface area contributed by atoms with E-state index in [2.05, 4.69) is 15.9 Å². The molecule has 4 rings (SSSR count). The zero-order valence-corrected chi connectivity index (χ0v) is 17.7. The van der Waals surface area contributed by atoms with Crippen molar-refractivity contribution in [1.82, 2.24) is 0 Å². The summed E-state index contributed by atoms with van der Waals surface area (Å²) in [5, 5.41) is 1.85. The number of halogens is 1. The summed E-state index contributed by atoms with van der Waals surface area (Å²) >= 11 is 3.53. The van der Waals surface area contributed by atoms with E-state index in [1.54, 1.807) is 30.3 Å². The van der Waals surface area contributed by atoms with E-state index < -0.39 is 5.97 Å². The topological polar surface area (TPSA) is 44.8 Å². The molecule has 0 spiro atoms. The van der Waals surface area contributed by atoms with Gasteiger partial charge in [-0.2, -0.15) is 0 Å². The van der Waals surface area contributed by atoms with Crippen molar-refractivity contribution >= 4 is 32.7 Å². The standard InChI is InChI=1S/C25H19BrO4/c26-23-13-14-24(22-12-5-4-11-21(22)23)30-25(27)18-7-6-10-20(17-18)29-16-15-28-19-8-2-1-3-9-19/h1-14,17H,15-16H2. The second-order valence-corrected chi connectivity index (χ2v) is 7.37. The molecule has 0 saturated heterocycles. The zero-order valence-electron chi connectivity index (χ0n) is 16.1. The van der Waals surface area contributed by atoms with E-state index >= 15 is 0 Å². The van der Waals surface area contributed by atoms with Gasteiger partial charge >= 0.3 is 5.97 Å². The molecule has 0 aliphatic rings. The van der Waals surface area contributed by atoms with Crippen molar-refractivity contribution in [3.63, 3.8) is 0 Å². The van der Waals surface area contributed by atoms with Crippen LogP contribution in [0.15, 0.2) is 95.5 Å². The number of ether oxygens (including phenoxy) is 3. The Balaban J connectivity index is 1.40. The van der Waals surface area contributed by atoms with Gasteiger partial charge in [0.25, 0.3) is 0 Å². The van der Waals surface area contributed by atoms with Crippen LogP contribution in [0.2, 0.25) is 0 Å². The van der Waals surface area contributed by atoms with Crippen molar-refractivity contribution in [3.8, 4) is 17.2 Å². The van der Waals surface area contributed by atoms with Crippen LogP contribution in [0.3, 0.4) is 0 Å². The van der Waals surface area contributed by atoms with Gasteiger partial charge in [-0.15, -0.1) is 0 Å². The first kappa shape index (κ1) is 20.0. The monoisotopic (exact) mass is 462 g/mol. The van der Waals surface area contributed by atoms with Crippen molar-refractivity contribution in [2.24, 2.45) is 0 Å². The fraction of sp³-hybridized carbons (Fsp3) is 0.0800. The number of hydrogen-bond acceptors (Lipinski definition) is 4. The van der Waals surface area contributed by atoms with Gasteiger partial charge in [-0.1, -0.05) is 64.5 Å². The molecule has 0 N–H and O–H groups in total. The van der Waals surface area contributed by atoms with E-state index in [1.165, 1.54) is 0 Å². The van der Waals surface area contributed by atoms with Gasteiger partial charge in [0.2, 0.25) is 0 Å². The van der Waals surface area contributed by atoms with E-state index in [0.29, 0.717) is 30.3 Å². The molecule has 0 bridgehead atoms. The molecular weight excluding hydrogens is 444 g/mol. The van der Waals surface area contributed by atoms with Crippen LogP contribution in [0.1, 0.15) is 10.4 Å². The molecule has 4 aromatic carbocycles. The third kappa shape index (κ3) is 4.81. The van der Waals surface area contributed by atoms with Crippen LogP contribution in [0.5, 0.6) is 17.2 Å².